The quantitative estimate of drug-likeness (QED) is 0.845. The normalized spacial score (nSPS) is 21.5. The summed E-state index contributed by atoms with van der Waals surface area (Å²) in [4.78, 5) is 31.0. The molecule has 1 aliphatic carbocycles. The highest BCUT2D eigenvalue weighted by molar-refractivity contribution is 5.96. The van der Waals surface area contributed by atoms with Crippen LogP contribution in [0.5, 0.6) is 0 Å². The first-order valence-corrected chi connectivity index (χ1v) is 9.12. The monoisotopic (exact) mass is 327 g/mol. The zero-order valence-electron chi connectivity index (χ0n) is 14.1. The number of hydrogen-bond donors (Lipinski definition) is 0. The lowest BCUT2D eigenvalue weighted by atomic mass is 9.84. The molecule has 2 fully saturated rings. The molecule has 0 N–H and O–H groups in total. The van der Waals surface area contributed by atoms with E-state index >= 15 is 0 Å². The van der Waals surface area contributed by atoms with Crippen LogP contribution in [0.4, 0.5) is 5.69 Å². The van der Waals surface area contributed by atoms with Gasteiger partial charge in [0.25, 0.3) is 0 Å². The molecule has 2 heterocycles. The summed E-state index contributed by atoms with van der Waals surface area (Å²) in [5, 5.41) is 0. The second-order valence-corrected chi connectivity index (χ2v) is 7.15. The molecule has 2 amide bonds. The van der Waals surface area contributed by atoms with E-state index in [0.717, 1.165) is 57.7 Å². The largest absolute Gasteiger partial charge is 0.340 e. The van der Waals surface area contributed by atoms with Crippen molar-refractivity contribution in [1.29, 1.82) is 0 Å². The summed E-state index contributed by atoms with van der Waals surface area (Å²) < 4.78 is 0. The Morgan fingerprint density at radius 2 is 1.75 bits per heavy atom. The van der Waals surface area contributed by atoms with E-state index in [2.05, 4.69) is 11.0 Å². The number of anilines is 1. The molecule has 0 atom stereocenters. The van der Waals surface area contributed by atoms with Crippen LogP contribution in [0.1, 0.15) is 24.8 Å². The molecule has 1 aromatic rings. The zero-order chi connectivity index (χ0) is 16.5. The van der Waals surface area contributed by atoms with Gasteiger partial charge in [0.1, 0.15) is 0 Å². The average molecular weight is 327 g/mol. The number of carbonyl (C=O) groups is 2. The Morgan fingerprint density at radius 1 is 1.00 bits per heavy atom. The minimum Gasteiger partial charge on any atom is -0.340 e. The second kappa shape index (κ2) is 6.55. The summed E-state index contributed by atoms with van der Waals surface area (Å²) in [7, 11) is 0. The smallest absolute Gasteiger partial charge is 0.241 e. The van der Waals surface area contributed by atoms with Gasteiger partial charge in [0.2, 0.25) is 11.8 Å². The number of hydrogen-bond acceptors (Lipinski definition) is 3. The number of rotatable bonds is 3. The lowest BCUT2D eigenvalue weighted by Crippen LogP contribution is -2.53. The van der Waals surface area contributed by atoms with Gasteiger partial charge in [0, 0.05) is 44.3 Å². The number of nitrogens with zero attached hydrogens (tertiary/aromatic N) is 3. The van der Waals surface area contributed by atoms with Crippen molar-refractivity contribution in [1.82, 2.24) is 9.80 Å². The van der Waals surface area contributed by atoms with Gasteiger partial charge in [-0.2, -0.15) is 0 Å². The van der Waals surface area contributed by atoms with Crippen LogP contribution in [-0.2, 0) is 16.0 Å². The van der Waals surface area contributed by atoms with Crippen molar-refractivity contribution in [2.75, 3.05) is 44.2 Å². The Bertz CT molecular complexity index is 633. The SMILES string of the molecule is O=C(C1CCC1)N1CCN(CC(=O)N2CCc3ccccc32)CC1. The van der Waals surface area contributed by atoms with E-state index in [1.165, 1.54) is 12.0 Å². The van der Waals surface area contributed by atoms with Crippen LogP contribution < -0.4 is 4.90 Å². The van der Waals surface area contributed by atoms with Crippen molar-refractivity contribution in [3.63, 3.8) is 0 Å². The molecule has 0 bridgehead atoms. The predicted octanol–water partition coefficient (Wildman–Crippen LogP) is 1.52. The summed E-state index contributed by atoms with van der Waals surface area (Å²) in [6, 6.07) is 8.17. The standard InChI is InChI=1S/C19H25N3O2/c23-18(22-9-8-15-4-1-2-7-17(15)22)14-20-10-12-21(13-11-20)19(24)16-5-3-6-16/h1-2,4,7,16H,3,5-6,8-14H2. The Kier molecular flexibility index (Phi) is 4.27. The molecule has 5 heteroatoms. The van der Waals surface area contributed by atoms with Crippen molar-refractivity contribution >= 4 is 17.5 Å². The van der Waals surface area contributed by atoms with Crippen molar-refractivity contribution in [3.8, 4) is 0 Å². The maximum absolute atomic E-state index is 12.7. The van der Waals surface area contributed by atoms with E-state index in [4.69, 9.17) is 0 Å². The number of piperazine rings is 1. The van der Waals surface area contributed by atoms with Gasteiger partial charge < -0.3 is 9.80 Å². The number of benzene rings is 1. The van der Waals surface area contributed by atoms with Gasteiger partial charge in [0.15, 0.2) is 0 Å². The van der Waals surface area contributed by atoms with Crippen LogP contribution >= 0.6 is 0 Å². The van der Waals surface area contributed by atoms with Gasteiger partial charge >= 0.3 is 0 Å². The topological polar surface area (TPSA) is 43.9 Å². The molecule has 5 nitrogen and oxygen atoms in total. The minimum atomic E-state index is 0.179. The molecule has 1 saturated heterocycles. The lowest BCUT2D eigenvalue weighted by Gasteiger charge is -2.38. The summed E-state index contributed by atoms with van der Waals surface area (Å²) in [6.07, 6.45) is 4.27. The first-order valence-electron chi connectivity index (χ1n) is 9.12. The molecule has 3 aliphatic rings. The molecule has 24 heavy (non-hydrogen) atoms. The van der Waals surface area contributed by atoms with Gasteiger partial charge in [0.05, 0.1) is 6.54 Å². The van der Waals surface area contributed by atoms with Crippen molar-refractivity contribution in [2.45, 2.75) is 25.7 Å². The van der Waals surface area contributed by atoms with Crippen molar-refractivity contribution in [3.05, 3.63) is 29.8 Å². The maximum Gasteiger partial charge on any atom is 0.241 e. The highest BCUT2D eigenvalue weighted by Crippen LogP contribution is 2.29. The highest BCUT2D eigenvalue weighted by atomic mass is 16.2. The summed E-state index contributed by atoms with van der Waals surface area (Å²) in [6.45, 7) is 4.38. The van der Waals surface area contributed by atoms with Crippen LogP contribution in [0.3, 0.4) is 0 Å². The lowest BCUT2D eigenvalue weighted by molar-refractivity contribution is -0.140. The van der Waals surface area contributed by atoms with Crippen LogP contribution in [0.25, 0.3) is 0 Å². The van der Waals surface area contributed by atoms with Gasteiger partial charge in [-0.1, -0.05) is 24.6 Å². The van der Waals surface area contributed by atoms with Crippen LogP contribution in [0, 0.1) is 5.92 Å². The van der Waals surface area contributed by atoms with Crippen molar-refractivity contribution < 1.29 is 9.59 Å². The molecule has 0 spiro atoms. The molecule has 1 aromatic carbocycles. The fourth-order valence-corrected chi connectivity index (χ4v) is 3.91. The van der Waals surface area contributed by atoms with Gasteiger partial charge in [-0.25, -0.2) is 0 Å². The number of para-hydroxylation sites is 1. The molecule has 0 aromatic heterocycles. The Labute approximate surface area is 143 Å². The molecule has 0 unspecified atom stereocenters. The van der Waals surface area contributed by atoms with E-state index in [9.17, 15) is 9.59 Å². The number of amides is 2. The highest BCUT2D eigenvalue weighted by Gasteiger charge is 2.32. The molecule has 1 saturated carbocycles. The van der Waals surface area contributed by atoms with E-state index in [1.807, 2.05) is 28.0 Å². The average Bonchev–Trinajstić information content (AvgIpc) is 2.98. The summed E-state index contributed by atoms with van der Waals surface area (Å²) in [5.41, 5.74) is 2.34. The minimum absolute atomic E-state index is 0.179. The van der Waals surface area contributed by atoms with Crippen LogP contribution in [-0.4, -0.2) is 60.9 Å². The van der Waals surface area contributed by atoms with Gasteiger partial charge in [-0.05, 0) is 30.9 Å². The van der Waals surface area contributed by atoms with E-state index in [1.54, 1.807) is 0 Å². The molecule has 2 aliphatic heterocycles. The molecule has 4 rings (SSSR count). The molecular formula is C19H25N3O2. The first kappa shape index (κ1) is 15.6. The number of carbonyl (C=O) groups excluding carboxylic acids is 2. The summed E-state index contributed by atoms with van der Waals surface area (Å²) >= 11 is 0. The van der Waals surface area contributed by atoms with E-state index in [-0.39, 0.29) is 11.8 Å². The predicted molar refractivity (Wildman–Crippen MR) is 92.9 cm³/mol. The van der Waals surface area contributed by atoms with Gasteiger partial charge in [-0.15, -0.1) is 0 Å². The third-order valence-electron chi connectivity index (χ3n) is 5.69. The number of fused-ring (bicyclic) bond motifs is 1. The molecular weight excluding hydrogens is 302 g/mol. The Hall–Kier alpha value is -1.88. The Balaban J connectivity index is 1.29. The molecule has 0 radical (unpaired) electrons. The van der Waals surface area contributed by atoms with Crippen LogP contribution in [0.2, 0.25) is 0 Å². The van der Waals surface area contributed by atoms with E-state index < -0.39 is 0 Å². The maximum atomic E-state index is 12.7. The zero-order valence-corrected chi connectivity index (χ0v) is 14.1. The third-order valence-corrected chi connectivity index (χ3v) is 5.69. The first-order chi connectivity index (χ1) is 11.7. The fourth-order valence-electron chi connectivity index (χ4n) is 3.91. The van der Waals surface area contributed by atoms with E-state index in [0.29, 0.717) is 12.5 Å². The fraction of sp³-hybridized carbons (Fsp3) is 0.579. The van der Waals surface area contributed by atoms with Crippen LogP contribution in [0.15, 0.2) is 24.3 Å². The summed E-state index contributed by atoms with van der Waals surface area (Å²) in [5.74, 6) is 0.790. The van der Waals surface area contributed by atoms with Crippen molar-refractivity contribution in [2.24, 2.45) is 5.92 Å². The second-order valence-electron chi connectivity index (χ2n) is 7.15. The third kappa shape index (κ3) is 2.93. The van der Waals surface area contributed by atoms with Gasteiger partial charge in [-0.3, -0.25) is 14.5 Å². The Morgan fingerprint density at radius 3 is 2.46 bits per heavy atom. The molecule has 128 valence electrons.